The minimum absolute atomic E-state index is 0.00116. The van der Waals surface area contributed by atoms with Gasteiger partial charge in [0, 0.05) is 11.3 Å². The highest BCUT2D eigenvalue weighted by Gasteiger charge is 2.18. The first-order chi connectivity index (χ1) is 9.09. The van der Waals surface area contributed by atoms with Gasteiger partial charge >= 0.3 is 0 Å². The highest BCUT2D eigenvalue weighted by atomic mass is 32.1. The fraction of sp³-hybridized carbons (Fsp3) is 0.308. The van der Waals surface area contributed by atoms with Crippen LogP contribution in [0.1, 0.15) is 29.9 Å². The third-order valence-corrected chi connectivity index (χ3v) is 4.25. The van der Waals surface area contributed by atoms with Crippen LogP contribution in [0.3, 0.4) is 0 Å². The van der Waals surface area contributed by atoms with Crippen molar-refractivity contribution in [3.05, 3.63) is 45.1 Å². The van der Waals surface area contributed by atoms with E-state index in [-0.39, 0.29) is 11.6 Å². The van der Waals surface area contributed by atoms with Gasteiger partial charge in [0.05, 0.1) is 23.4 Å². The summed E-state index contributed by atoms with van der Waals surface area (Å²) in [4.78, 5) is 17.6. The molecule has 0 saturated carbocycles. The summed E-state index contributed by atoms with van der Waals surface area (Å²) in [5, 5.41) is 9.71. The molecule has 3 aromatic heterocycles. The van der Waals surface area contributed by atoms with E-state index in [1.54, 1.807) is 10.9 Å². The number of aromatic amines is 1. The molecule has 0 aliphatic carbocycles. The summed E-state index contributed by atoms with van der Waals surface area (Å²) in [6, 6.07) is 1.75. The van der Waals surface area contributed by atoms with E-state index in [9.17, 15) is 4.79 Å². The molecule has 1 unspecified atom stereocenters. The molecule has 0 saturated heterocycles. The molecule has 3 aromatic rings. The minimum Gasteiger partial charge on any atom is -0.291 e. The Morgan fingerprint density at radius 3 is 2.89 bits per heavy atom. The SMILES string of the molecule is Cc1n[nH]c(C)c1C(C)n1cnc2sccc2c1=O. The van der Waals surface area contributed by atoms with E-state index in [2.05, 4.69) is 15.2 Å². The Labute approximate surface area is 113 Å². The number of nitrogens with one attached hydrogen (secondary N) is 1. The molecule has 3 heterocycles. The Hall–Kier alpha value is -1.95. The number of hydrogen-bond donors (Lipinski definition) is 1. The fourth-order valence-electron chi connectivity index (χ4n) is 2.46. The summed E-state index contributed by atoms with van der Waals surface area (Å²) in [6.45, 7) is 5.90. The van der Waals surface area contributed by atoms with Crippen LogP contribution < -0.4 is 5.56 Å². The van der Waals surface area contributed by atoms with Crippen molar-refractivity contribution < 1.29 is 0 Å². The quantitative estimate of drug-likeness (QED) is 0.780. The number of thiophene rings is 1. The van der Waals surface area contributed by atoms with Crippen molar-refractivity contribution in [1.82, 2.24) is 19.7 Å². The van der Waals surface area contributed by atoms with Gasteiger partial charge in [-0.25, -0.2) is 4.98 Å². The predicted octanol–water partition coefficient (Wildman–Crippen LogP) is 2.41. The molecule has 0 radical (unpaired) electrons. The van der Waals surface area contributed by atoms with Gasteiger partial charge < -0.3 is 0 Å². The van der Waals surface area contributed by atoms with E-state index in [1.165, 1.54) is 11.3 Å². The topological polar surface area (TPSA) is 63.6 Å². The van der Waals surface area contributed by atoms with E-state index < -0.39 is 0 Å². The Morgan fingerprint density at radius 2 is 2.21 bits per heavy atom. The van der Waals surface area contributed by atoms with Crippen molar-refractivity contribution >= 4 is 21.6 Å². The zero-order valence-electron chi connectivity index (χ0n) is 11.0. The number of hydrogen-bond acceptors (Lipinski definition) is 4. The van der Waals surface area contributed by atoms with Crippen molar-refractivity contribution in [1.29, 1.82) is 0 Å². The zero-order chi connectivity index (χ0) is 13.6. The van der Waals surface area contributed by atoms with Crippen LogP contribution in [0.25, 0.3) is 10.2 Å². The third-order valence-electron chi connectivity index (χ3n) is 3.43. The first kappa shape index (κ1) is 12.1. The standard InChI is InChI=1S/C13H14N4OS/c1-7-11(8(2)16-15-7)9(3)17-6-14-12-10(13(17)18)4-5-19-12/h4-6,9H,1-3H3,(H,15,16). The van der Waals surface area contributed by atoms with E-state index >= 15 is 0 Å². The lowest BCUT2D eigenvalue weighted by atomic mass is 10.1. The molecule has 1 atom stereocenters. The monoisotopic (exact) mass is 274 g/mol. The second-order valence-corrected chi connectivity index (χ2v) is 5.51. The first-order valence-corrected chi connectivity index (χ1v) is 6.93. The van der Waals surface area contributed by atoms with Crippen LogP contribution in [0.2, 0.25) is 0 Å². The molecule has 0 aromatic carbocycles. The minimum atomic E-state index is -0.0805. The molecule has 0 fully saturated rings. The van der Waals surface area contributed by atoms with E-state index in [4.69, 9.17) is 0 Å². The number of H-pyrrole nitrogens is 1. The van der Waals surface area contributed by atoms with Gasteiger partial charge in [0.1, 0.15) is 4.83 Å². The third kappa shape index (κ3) is 1.79. The Bertz CT molecular complexity index is 779. The van der Waals surface area contributed by atoms with Crippen LogP contribution in [-0.4, -0.2) is 19.7 Å². The van der Waals surface area contributed by atoms with Crippen LogP contribution >= 0.6 is 11.3 Å². The van der Waals surface area contributed by atoms with Gasteiger partial charge in [-0.1, -0.05) is 0 Å². The number of nitrogens with zero attached hydrogens (tertiary/aromatic N) is 3. The highest BCUT2D eigenvalue weighted by molar-refractivity contribution is 7.16. The van der Waals surface area contributed by atoms with Gasteiger partial charge in [-0.15, -0.1) is 11.3 Å². The molecule has 0 aliphatic heterocycles. The van der Waals surface area contributed by atoms with Gasteiger partial charge in [0.15, 0.2) is 0 Å². The summed E-state index contributed by atoms with van der Waals surface area (Å²) in [5.74, 6) is 0. The Morgan fingerprint density at radius 1 is 1.42 bits per heavy atom. The van der Waals surface area contributed by atoms with Gasteiger partial charge in [-0.2, -0.15) is 5.10 Å². The molecule has 0 spiro atoms. The maximum atomic E-state index is 12.4. The Kier molecular flexibility index (Phi) is 2.74. The average molecular weight is 274 g/mol. The number of aromatic nitrogens is 4. The lowest BCUT2D eigenvalue weighted by Crippen LogP contribution is -2.24. The van der Waals surface area contributed by atoms with Crippen molar-refractivity contribution in [2.45, 2.75) is 26.8 Å². The van der Waals surface area contributed by atoms with Crippen LogP contribution in [-0.2, 0) is 0 Å². The number of fused-ring (bicyclic) bond motifs is 1. The maximum Gasteiger partial charge on any atom is 0.262 e. The van der Waals surface area contributed by atoms with Crippen LogP contribution in [0.5, 0.6) is 0 Å². The summed E-state index contributed by atoms with van der Waals surface area (Å²) in [5.41, 5.74) is 2.96. The van der Waals surface area contributed by atoms with Crippen molar-refractivity contribution in [3.63, 3.8) is 0 Å². The first-order valence-electron chi connectivity index (χ1n) is 6.05. The molecule has 98 valence electrons. The maximum absolute atomic E-state index is 12.4. The molecular formula is C13H14N4OS. The van der Waals surface area contributed by atoms with E-state index in [0.717, 1.165) is 21.8 Å². The molecule has 5 nitrogen and oxygen atoms in total. The summed E-state index contributed by atoms with van der Waals surface area (Å²) < 4.78 is 1.67. The normalized spacial score (nSPS) is 13.0. The van der Waals surface area contributed by atoms with E-state index in [1.807, 2.05) is 32.2 Å². The van der Waals surface area contributed by atoms with Gasteiger partial charge in [0.25, 0.3) is 5.56 Å². The molecule has 0 amide bonds. The molecule has 0 aliphatic rings. The van der Waals surface area contributed by atoms with Crippen molar-refractivity contribution in [2.75, 3.05) is 0 Å². The smallest absolute Gasteiger partial charge is 0.262 e. The zero-order valence-corrected chi connectivity index (χ0v) is 11.8. The van der Waals surface area contributed by atoms with Crippen LogP contribution in [0.4, 0.5) is 0 Å². The second kappa shape index (κ2) is 4.31. The largest absolute Gasteiger partial charge is 0.291 e. The summed E-state index contributed by atoms with van der Waals surface area (Å²) in [7, 11) is 0. The molecular weight excluding hydrogens is 260 g/mol. The molecule has 19 heavy (non-hydrogen) atoms. The predicted molar refractivity (Wildman–Crippen MR) is 75.8 cm³/mol. The second-order valence-electron chi connectivity index (χ2n) is 4.62. The van der Waals surface area contributed by atoms with Crippen LogP contribution in [0.15, 0.2) is 22.6 Å². The lowest BCUT2D eigenvalue weighted by molar-refractivity contribution is 0.603. The van der Waals surface area contributed by atoms with E-state index in [0.29, 0.717) is 5.39 Å². The molecule has 3 rings (SSSR count). The lowest BCUT2D eigenvalue weighted by Gasteiger charge is -2.15. The highest BCUT2D eigenvalue weighted by Crippen LogP contribution is 2.23. The van der Waals surface area contributed by atoms with Crippen LogP contribution in [0, 0.1) is 13.8 Å². The number of aryl methyl sites for hydroxylation is 2. The molecule has 6 heteroatoms. The average Bonchev–Trinajstić information content (AvgIpc) is 2.97. The summed E-state index contributed by atoms with van der Waals surface area (Å²) >= 11 is 1.48. The van der Waals surface area contributed by atoms with Gasteiger partial charge in [-0.05, 0) is 32.2 Å². The molecule has 1 N–H and O–H groups in total. The molecule has 0 bridgehead atoms. The summed E-state index contributed by atoms with van der Waals surface area (Å²) in [6.07, 6.45) is 1.62. The fourth-order valence-corrected chi connectivity index (χ4v) is 3.18. The van der Waals surface area contributed by atoms with Crippen molar-refractivity contribution in [3.8, 4) is 0 Å². The van der Waals surface area contributed by atoms with Crippen molar-refractivity contribution in [2.24, 2.45) is 0 Å². The van der Waals surface area contributed by atoms with Gasteiger partial charge in [-0.3, -0.25) is 14.5 Å². The van der Waals surface area contributed by atoms with Gasteiger partial charge in [0.2, 0.25) is 0 Å². The Balaban J connectivity index is 2.19. The number of rotatable bonds is 2.